The third kappa shape index (κ3) is 4.21. The second-order valence-corrected chi connectivity index (χ2v) is 6.72. The Labute approximate surface area is 171 Å². The van der Waals surface area contributed by atoms with Gasteiger partial charge in [-0.2, -0.15) is 0 Å². The molecule has 0 aliphatic heterocycles. The second-order valence-electron chi connectivity index (χ2n) is 6.72. The van der Waals surface area contributed by atoms with Crippen molar-refractivity contribution in [2.45, 2.75) is 20.4 Å². The third-order valence-corrected chi connectivity index (χ3v) is 4.92. The molecule has 1 aromatic heterocycles. The topological polar surface area (TPSA) is 61.7 Å². The molecule has 1 N–H and O–H groups in total. The molecule has 0 atom stereocenters. The summed E-state index contributed by atoms with van der Waals surface area (Å²) in [7, 11) is 4.63. The number of hydrogen-bond acceptors (Lipinski definition) is 4. The molecule has 6 nitrogen and oxygen atoms in total. The van der Waals surface area contributed by atoms with Crippen molar-refractivity contribution in [1.82, 2.24) is 4.57 Å². The molecule has 0 saturated carbocycles. The first-order chi connectivity index (χ1) is 14.0. The Morgan fingerprint density at radius 2 is 1.55 bits per heavy atom. The lowest BCUT2D eigenvalue weighted by atomic mass is 10.2. The van der Waals surface area contributed by atoms with E-state index in [9.17, 15) is 4.79 Å². The van der Waals surface area contributed by atoms with Gasteiger partial charge in [0.2, 0.25) is 5.75 Å². The van der Waals surface area contributed by atoms with Crippen molar-refractivity contribution in [2.24, 2.45) is 0 Å². The molecule has 1 amide bonds. The van der Waals surface area contributed by atoms with Crippen LogP contribution in [0.4, 0.5) is 5.69 Å². The lowest BCUT2D eigenvalue weighted by Gasteiger charge is -2.15. The number of carbonyl (C=O) groups excluding carboxylic acids is 1. The number of amides is 1. The molecule has 29 heavy (non-hydrogen) atoms. The molecule has 0 saturated heterocycles. The maximum atomic E-state index is 13.0. The molecule has 0 aliphatic rings. The Bertz CT molecular complexity index is 984. The zero-order chi connectivity index (χ0) is 21.0. The van der Waals surface area contributed by atoms with Gasteiger partial charge in [-0.25, -0.2) is 0 Å². The minimum Gasteiger partial charge on any atom is -0.493 e. The van der Waals surface area contributed by atoms with E-state index in [-0.39, 0.29) is 5.91 Å². The molecule has 2 aromatic carbocycles. The summed E-state index contributed by atoms with van der Waals surface area (Å²) in [6, 6.07) is 15.5. The summed E-state index contributed by atoms with van der Waals surface area (Å²) in [5.41, 5.74) is 4.33. The largest absolute Gasteiger partial charge is 0.493 e. The summed E-state index contributed by atoms with van der Waals surface area (Å²) in [5.74, 6) is 1.26. The zero-order valence-corrected chi connectivity index (χ0v) is 17.4. The number of hydrogen-bond donors (Lipinski definition) is 1. The first-order valence-corrected chi connectivity index (χ1v) is 9.30. The van der Waals surface area contributed by atoms with Gasteiger partial charge in [0, 0.05) is 35.8 Å². The fourth-order valence-electron chi connectivity index (χ4n) is 3.39. The summed E-state index contributed by atoms with van der Waals surface area (Å²) in [6.45, 7) is 4.68. The maximum absolute atomic E-state index is 13.0. The van der Waals surface area contributed by atoms with Crippen LogP contribution in [-0.4, -0.2) is 31.8 Å². The number of nitrogens with zero attached hydrogens (tertiary/aromatic N) is 1. The first-order valence-electron chi connectivity index (χ1n) is 9.30. The van der Waals surface area contributed by atoms with Gasteiger partial charge < -0.3 is 24.1 Å². The molecule has 6 heteroatoms. The van der Waals surface area contributed by atoms with E-state index in [1.54, 1.807) is 33.5 Å². The highest BCUT2D eigenvalue weighted by Gasteiger charge is 2.18. The van der Waals surface area contributed by atoms with Gasteiger partial charge in [-0.05, 0) is 25.5 Å². The summed E-state index contributed by atoms with van der Waals surface area (Å²) in [6.07, 6.45) is 0. The van der Waals surface area contributed by atoms with Gasteiger partial charge in [-0.15, -0.1) is 0 Å². The van der Waals surface area contributed by atoms with Crippen LogP contribution in [0.5, 0.6) is 17.2 Å². The normalized spacial score (nSPS) is 10.5. The van der Waals surface area contributed by atoms with Gasteiger partial charge in [0.15, 0.2) is 11.5 Å². The van der Waals surface area contributed by atoms with Crippen molar-refractivity contribution < 1.29 is 19.0 Å². The van der Waals surface area contributed by atoms with E-state index in [4.69, 9.17) is 14.2 Å². The Kier molecular flexibility index (Phi) is 6.12. The van der Waals surface area contributed by atoms with Crippen molar-refractivity contribution in [3.8, 4) is 17.2 Å². The molecule has 0 unspecified atom stereocenters. The molecule has 0 spiro atoms. The van der Waals surface area contributed by atoms with Gasteiger partial charge in [0.25, 0.3) is 5.91 Å². The number of ether oxygens (including phenoxy) is 3. The van der Waals surface area contributed by atoms with Crippen LogP contribution in [0.2, 0.25) is 0 Å². The fraction of sp³-hybridized carbons (Fsp3) is 0.261. The molecular weight excluding hydrogens is 368 g/mol. The molecule has 0 radical (unpaired) electrons. The number of carbonyl (C=O) groups is 1. The smallest absolute Gasteiger partial charge is 0.257 e. The maximum Gasteiger partial charge on any atom is 0.257 e. The number of aryl methyl sites for hydroxylation is 1. The standard InChI is InChI=1S/C23H26N2O4/c1-15-11-19(16(2)25(15)14-17-9-7-6-8-10-17)23(26)24-18-12-20(27-3)22(29-5)21(13-18)28-4/h6-13H,14H2,1-5H3,(H,24,26). The van der Waals surface area contributed by atoms with Crippen LogP contribution in [0, 0.1) is 13.8 Å². The van der Waals surface area contributed by atoms with E-state index in [1.165, 1.54) is 5.56 Å². The van der Waals surface area contributed by atoms with Crippen molar-refractivity contribution in [3.05, 3.63) is 71.0 Å². The van der Waals surface area contributed by atoms with Crippen LogP contribution >= 0.6 is 0 Å². The summed E-state index contributed by atoms with van der Waals surface area (Å²) in [4.78, 5) is 13.0. The van der Waals surface area contributed by atoms with Gasteiger partial charge >= 0.3 is 0 Å². The zero-order valence-electron chi connectivity index (χ0n) is 17.4. The molecular formula is C23H26N2O4. The van der Waals surface area contributed by atoms with E-state index >= 15 is 0 Å². The number of rotatable bonds is 7. The molecule has 3 aromatic rings. The number of anilines is 1. The Morgan fingerprint density at radius 1 is 0.931 bits per heavy atom. The van der Waals surface area contributed by atoms with Gasteiger partial charge in [0.05, 0.1) is 26.9 Å². The number of aromatic nitrogens is 1. The predicted octanol–water partition coefficient (Wildman–Crippen LogP) is 4.43. The molecule has 0 aliphatic carbocycles. The Hall–Kier alpha value is -3.41. The number of benzene rings is 2. The Balaban J connectivity index is 1.87. The van der Waals surface area contributed by atoms with E-state index < -0.39 is 0 Å². The van der Waals surface area contributed by atoms with Crippen molar-refractivity contribution in [2.75, 3.05) is 26.6 Å². The predicted molar refractivity (Wildman–Crippen MR) is 114 cm³/mol. The summed E-state index contributed by atoms with van der Waals surface area (Å²) < 4.78 is 18.2. The third-order valence-electron chi connectivity index (χ3n) is 4.92. The van der Waals surface area contributed by atoms with Crippen LogP contribution in [0.25, 0.3) is 0 Å². The van der Waals surface area contributed by atoms with Crippen LogP contribution in [0.3, 0.4) is 0 Å². The van der Waals surface area contributed by atoms with Crippen LogP contribution in [0.15, 0.2) is 48.5 Å². The van der Waals surface area contributed by atoms with Crippen molar-refractivity contribution >= 4 is 11.6 Å². The minimum atomic E-state index is -0.188. The minimum absolute atomic E-state index is 0.188. The van der Waals surface area contributed by atoms with Crippen molar-refractivity contribution in [1.29, 1.82) is 0 Å². The quantitative estimate of drug-likeness (QED) is 0.644. The highest BCUT2D eigenvalue weighted by atomic mass is 16.5. The van der Waals surface area contributed by atoms with E-state index in [0.29, 0.717) is 28.5 Å². The van der Waals surface area contributed by atoms with E-state index in [0.717, 1.165) is 17.9 Å². The molecule has 0 fully saturated rings. The average Bonchev–Trinajstić information content (AvgIpc) is 3.02. The number of methoxy groups -OCH3 is 3. The SMILES string of the molecule is COc1cc(NC(=O)c2cc(C)n(Cc3ccccc3)c2C)cc(OC)c1OC. The number of nitrogens with one attached hydrogen (secondary N) is 1. The lowest BCUT2D eigenvalue weighted by molar-refractivity contribution is 0.102. The average molecular weight is 394 g/mol. The van der Waals surface area contributed by atoms with Crippen LogP contribution in [0.1, 0.15) is 27.3 Å². The second kappa shape index (κ2) is 8.73. The molecule has 152 valence electrons. The summed E-state index contributed by atoms with van der Waals surface area (Å²) in [5, 5.41) is 2.94. The highest BCUT2D eigenvalue weighted by Crippen LogP contribution is 2.40. The van der Waals surface area contributed by atoms with E-state index in [2.05, 4.69) is 22.0 Å². The van der Waals surface area contributed by atoms with Crippen LogP contribution in [-0.2, 0) is 6.54 Å². The first kappa shape index (κ1) is 20.3. The van der Waals surface area contributed by atoms with Gasteiger partial charge in [0.1, 0.15) is 0 Å². The van der Waals surface area contributed by atoms with Gasteiger partial charge in [-0.3, -0.25) is 4.79 Å². The summed E-state index contributed by atoms with van der Waals surface area (Å²) >= 11 is 0. The monoisotopic (exact) mass is 394 g/mol. The van der Waals surface area contributed by atoms with Crippen molar-refractivity contribution in [3.63, 3.8) is 0 Å². The fourth-order valence-corrected chi connectivity index (χ4v) is 3.39. The van der Waals surface area contributed by atoms with Crippen LogP contribution < -0.4 is 19.5 Å². The molecule has 1 heterocycles. The van der Waals surface area contributed by atoms with Gasteiger partial charge in [-0.1, -0.05) is 30.3 Å². The van der Waals surface area contributed by atoms with E-state index in [1.807, 2.05) is 38.1 Å². The lowest BCUT2D eigenvalue weighted by Crippen LogP contribution is -2.14. The Morgan fingerprint density at radius 3 is 2.10 bits per heavy atom. The highest BCUT2D eigenvalue weighted by molar-refractivity contribution is 6.05. The molecule has 0 bridgehead atoms. The molecule has 3 rings (SSSR count).